The minimum atomic E-state index is -4.70. The van der Waals surface area contributed by atoms with Crippen molar-refractivity contribution in [3.8, 4) is 0 Å². The molecule has 0 fully saturated rings. The fourth-order valence-corrected chi connectivity index (χ4v) is 8.18. The quantitative estimate of drug-likeness (QED) is 0.0212. The van der Waals surface area contributed by atoms with Gasteiger partial charge in [0.25, 0.3) is 7.82 Å². The monoisotopic (exact) mass is 947 g/mol. The molecule has 0 heterocycles. The van der Waals surface area contributed by atoms with Crippen LogP contribution in [0.2, 0.25) is 0 Å². The number of rotatable bonds is 48. The van der Waals surface area contributed by atoms with Gasteiger partial charge in [-0.15, -0.1) is 0 Å². The smallest absolute Gasteiger partial charge is 0.306 e. The number of unbranched alkanes of at least 4 members (excludes halogenated alkanes) is 24. The van der Waals surface area contributed by atoms with E-state index in [-0.39, 0.29) is 24.9 Å². The van der Waals surface area contributed by atoms with E-state index in [1.54, 1.807) is 0 Å². The van der Waals surface area contributed by atoms with E-state index in [4.69, 9.17) is 13.8 Å². The van der Waals surface area contributed by atoms with Gasteiger partial charge in [0.2, 0.25) is 5.91 Å². The standard InChI is InChI=1S/C56H103N2O7P/c1-7-10-13-16-19-22-25-27-28-29-31-34-36-39-42-45-48-55(59)57-53(52-64-66(61,62)63-51-50-58(4,5)6)54(47-44-41-38-35-33-30-26-23-20-17-14-11-8-2)65-56(60)49-46-43-40-37-32-24-21-18-15-12-9-3/h10,13,18-19,21-22,27-28,44,47,53-54H,7-9,11-12,14-17,20,23-26,29-43,45-46,48-52H2,1-6H3,(H-,57,59,61,62)/b13-10+,21-18-,22-19+,28-27+,47-44+. The molecule has 0 spiro atoms. The van der Waals surface area contributed by atoms with E-state index < -0.39 is 26.6 Å². The van der Waals surface area contributed by atoms with Crippen molar-refractivity contribution in [2.45, 2.75) is 245 Å². The Morgan fingerprint density at radius 3 is 1.52 bits per heavy atom. The number of quaternary nitrogens is 1. The SMILES string of the molecule is CC/C=C/C/C=C/C/C=C/CCCCCCCCC(=O)NC(COP(=O)([O-])OCC[N+](C)(C)C)C(/C=C/CCCCCCCCCCCCC)OC(=O)CCCCCCC/C=C\CCCC. The number of phosphoric ester groups is 1. The molecule has 0 aliphatic heterocycles. The zero-order chi connectivity index (χ0) is 48.7. The third kappa shape index (κ3) is 46.8. The van der Waals surface area contributed by atoms with Crippen molar-refractivity contribution < 1.29 is 37.3 Å². The van der Waals surface area contributed by atoms with Gasteiger partial charge < -0.3 is 28.5 Å². The molecule has 3 atom stereocenters. The van der Waals surface area contributed by atoms with Gasteiger partial charge in [-0.2, -0.15) is 0 Å². The van der Waals surface area contributed by atoms with Crippen molar-refractivity contribution in [1.82, 2.24) is 5.32 Å². The van der Waals surface area contributed by atoms with E-state index in [2.05, 4.69) is 74.7 Å². The lowest BCUT2D eigenvalue weighted by atomic mass is 10.0. The summed E-state index contributed by atoms with van der Waals surface area (Å²) in [6.07, 6.45) is 56.1. The summed E-state index contributed by atoms with van der Waals surface area (Å²) in [5.41, 5.74) is 0. The lowest BCUT2D eigenvalue weighted by Gasteiger charge is -2.30. The van der Waals surface area contributed by atoms with Gasteiger partial charge >= 0.3 is 5.97 Å². The second-order valence-electron chi connectivity index (χ2n) is 19.3. The summed E-state index contributed by atoms with van der Waals surface area (Å²) in [6, 6.07) is -0.897. The summed E-state index contributed by atoms with van der Waals surface area (Å²) in [5, 5.41) is 3.00. The van der Waals surface area contributed by atoms with E-state index in [0.717, 1.165) is 128 Å². The van der Waals surface area contributed by atoms with Crippen molar-refractivity contribution >= 4 is 19.7 Å². The summed E-state index contributed by atoms with van der Waals surface area (Å²) >= 11 is 0. The van der Waals surface area contributed by atoms with Gasteiger partial charge in [0.05, 0.1) is 33.8 Å². The molecular formula is C56H103N2O7P. The van der Waals surface area contributed by atoms with Crippen LogP contribution < -0.4 is 10.2 Å². The Labute approximate surface area is 407 Å². The topological polar surface area (TPSA) is 114 Å². The van der Waals surface area contributed by atoms with Crippen LogP contribution in [0.1, 0.15) is 233 Å². The number of carbonyl (C=O) groups excluding carboxylic acids is 2. The van der Waals surface area contributed by atoms with Crippen LogP contribution in [-0.2, 0) is 27.9 Å². The Morgan fingerprint density at radius 2 is 0.985 bits per heavy atom. The average molecular weight is 947 g/mol. The van der Waals surface area contributed by atoms with Gasteiger partial charge in [0.15, 0.2) is 0 Å². The highest BCUT2D eigenvalue weighted by Crippen LogP contribution is 2.38. The van der Waals surface area contributed by atoms with Gasteiger partial charge in [-0.05, 0) is 83.1 Å². The molecule has 0 aromatic carbocycles. The predicted octanol–water partition coefficient (Wildman–Crippen LogP) is 15.3. The molecule has 0 bridgehead atoms. The van der Waals surface area contributed by atoms with Gasteiger partial charge in [-0.25, -0.2) is 0 Å². The first-order chi connectivity index (χ1) is 31.9. The van der Waals surface area contributed by atoms with Crippen molar-refractivity contribution in [3.05, 3.63) is 60.8 Å². The maximum Gasteiger partial charge on any atom is 0.306 e. The number of esters is 1. The zero-order valence-electron chi connectivity index (χ0n) is 43.6. The summed E-state index contributed by atoms with van der Waals surface area (Å²) in [5.74, 6) is -0.569. The van der Waals surface area contributed by atoms with Crippen LogP contribution in [-0.4, -0.2) is 69.4 Å². The van der Waals surface area contributed by atoms with Crippen molar-refractivity contribution in [3.63, 3.8) is 0 Å². The molecule has 0 saturated carbocycles. The highest BCUT2D eigenvalue weighted by atomic mass is 31.2. The summed E-state index contributed by atoms with van der Waals surface area (Å²) in [6.45, 7) is 6.66. The minimum Gasteiger partial charge on any atom is -0.756 e. The summed E-state index contributed by atoms with van der Waals surface area (Å²) in [7, 11) is 1.17. The fraction of sp³-hybridized carbons (Fsp3) is 0.786. The van der Waals surface area contributed by atoms with Gasteiger partial charge in [0, 0.05) is 12.8 Å². The van der Waals surface area contributed by atoms with Gasteiger partial charge in [-0.3, -0.25) is 14.2 Å². The Morgan fingerprint density at radius 1 is 0.545 bits per heavy atom. The van der Waals surface area contributed by atoms with Crippen molar-refractivity contribution in [2.75, 3.05) is 40.9 Å². The normalized spacial score (nSPS) is 14.3. The van der Waals surface area contributed by atoms with E-state index >= 15 is 0 Å². The third-order valence-corrected chi connectivity index (χ3v) is 12.6. The fourth-order valence-electron chi connectivity index (χ4n) is 7.46. The second kappa shape index (κ2) is 46.4. The number of nitrogens with zero attached hydrogens (tertiary/aromatic N) is 1. The van der Waals surface area contributed by atoms with E-state index in [1.165, 1.54) is 70.6 Å². The first kappa shape index (κ1) is 63.7. The molecule has 0 aliphatic carbocycles. The largest absolute Gasteiger partial charge is 0.756 e. The number of allylic oxidation sites excluding steroid dienone is 9. The number of likely N-dealkylation sites (N-methyl/N-ethyl adjacent to an activating group) is 1. The Bertz CT molecular complexity index is 1320. The predicted molar refractivity (Wildman–Crippen MR) is 279 cm³/mol. The number of phosphoric acid groups is 1. The van der Waals surface area contributed by atoms with Crippen LogP contribution in [0.4, 0.5) is 0 Å². The Balaban J connectivity index is 5.43. The molecular weight excluding hydrogens is 844 g/mol. The molecule has 0 radical (unpaired) electrons. The van der Waals surface area contributed by atoms with Crippen molar-refractivity contribution in [2.24, 2.45) is 0 Å². The molecule has 1 amide bonds. The molecule has 3 unspecified atom stereocenters. The second-order valence-corrected chi connectivity index (χ2v) is 20.8. The molecule has 0 aromatic rings. The highest BCUT2D eigenvalue weighted by molar-refractivity contribution is 7.45. The van der Waals surface area contributed by atoms with Gasteiger partial charge in [-0.1, -0.05) is 197 Å². The van der Waals surface area contributed by atoms with Crippen LogP contribution in [0.15, 0.2) is 60.8 Å². The molecule has 66 heavy (non-hydrogen) atoms. The first-order valence-corrected chi connectivity index (χ1v) is 28.6. The van der Waals surface area contributed by atoms with E-state index in [9.17, 15) is 19.0 Å². The van der Waals surface area contributed by atoms with Crippen LogP contribution in [0.25, 0.3) is 0 Å². The van der Waals surface area contributed by atoms with Gasteiger partial charge in [0.1, 0.15) is 19.3 Å². The third-order valence-electron chi connectivity index (χ3n) is 11.7. The van der Waals surface area contributed by atoms with Crippen LogP contribution >= 0.6 is 7.82 Å². The molecule has 0 rings (SSSR count). The molecule has 1 N–H and O–H groups in total. The molecule has 0 aromatic heterocycles. The molecule has 384 valence electrons. The summed E-state index contributed by atoms with van der Waals surface area (Å²) in [4.78, 5) is 39.7. The number of hydrogen-bond acceptors (Lipinski definition) is 7. The lowest BCUT2D eigenvalue weighted by molar-refractivity contribution is -0.870. The van der Waals surface area contributed by atoms with E-state index in [0.29, 0.717) is 17.4 Å². The number of nitrogens with one attached hydrogen (secondary N) is 1. The highest BCUT2D eigenvalue weighted by Gasteiger charge is 2.27. The number of carbonyl (C=O) groups is 2. The average Bonchev–Trinajstić information content (AvgIpc) is 3.27. The maximum atomic E-state index is 13.4. The molecule has 0 aliphatic rings. The van der Waals surface area contributed by atoms with Crippen LogP contribution in [0.3, 0.4) is 0 Å². The number of hydrogen-bond donors (Lipinski definition) is 1. The zero-order valence-corrected chi connectivity index (χ0v) is 44.5. The van der Waals surface area contributed by atoms with Crippen LogP contribution in [0.5, 0.6) is 0 Å². The van der Waals surface area contributed by atoms with Crippen LogP contribution in [0, 0.1) is 0 Å². The van der Waals surface area contributed by atoms with E-state index in [1.807, 2.05) is 33.3 Å². The number of amides is 1. The summed E-state index contributed by atoms with van der Waals surface area (Å²) < 4.78 is 30.1. The molecule has 0 saturated heterocycles. The molecule has 9 nitrogen and oxygen atoms in total. The number of ether oxygens (including phenoxy) is 1. The Hall–Kier alpha value is -2.29. The lowest BCUT2D eigenvalue weighted by Crippen LogP contribution is -2.47. The van der Waals surface area contributed by atoms with Crippen molar-refractivity contribution in [1.29, 1.82) is 0 Å². The maximum absolute atomic E-state index is 13.4. The first-order valence-electron chi connectivity index (χ1n) is 27.1. The Kier molecular flexibility index (Phi) is 44.8. The minimum absolute atomic E-state index is 0.0278. The molecule has 10 heteroatoms.